The van der Waals surface area contributed by atoms with Crippen LogP contribution in [0, 0.1) is 0 Å². The van der Waals surface area contributed by atoms with E-state index in [-0.39, 0.29) is 5.91 Å². The third-order valence-electron chi connectivity index (χ3n) is 2.47. The number of hydrogen-bond donors (Lipinski definition) is 1. The Morgan fingerprint density at radius 3 is 2.93 bits per heavy atom. The Morgan fingerprint density at radius 2 is 2.14 bits per heavy atom. The number of carbonyl (C=O) groups excluding carboxylic acids is 1. The number of hydrogen-bond acceptors (Lipinski definition) is 2. The SMILES string of the molecule is NCCCCC(=O)N1CCC[N]CC1. The molecular formula is C10H20N3O. The van der Waals surface area contributed by atoms with Crippen LogP contribution in [0.15, 0.2) is 0 Å². The van der Waals surface area contributed by atoms with E-state index in [4.69, 9.17) is 5.73 Å². The fourth-order valence-corrected chi connectivity index (χ4v) is 1.62. The second kappa shape index (κ2) is 6.79. The summed E-state index contributed by atoms with van der Waals surface area (Å²) in [6.07, 6.45) is 3.53. The van der Waals surface area contributed by atoms with Crippen LogP contribution < -0.4 is 11.1 Å². The minimum atomic E-state index is 0.274. The molecule has 1 amide bonds. The quantitative estimate of drug-likeness (QED) is 0.644. The molecule has 0 atom stereocenters. The molecule has 81 valence electrons. The predicted molar refractivity (Wildman–Crippen MR) is 56.0 cm³/mol. The number of carbonyl (C=O) groups is 1. The van der Waals surface area contributed by atoms with Gasteiger partial charge in [0.2, 0.25) is 5.91 Å². The number of rotatable bonds is 4. The van der Waals surface area contributed by atoms with Crippen molar-refractivity contribution in [1.29, 1.82) is 0 Å². The van der Waals surface area contributed by atoms with Crippen LogP contribution in [0.1, 0.15) is 25.7 Å². The minimum Gasteiger partial charge on any atom is -0.341 e. The van der Waals surface area contributed by atoms with Gasteiger partial charge in [0.25, 0.3) is 0 Å². The van der Waals surface area contributed by atoms with Gasteiger partial charge in [-0.25, -0.2) is 5.32 Å². The molecule has 1 aliphatic rings. The lowest BCUT2D eigenvalue weighted by Gasteiger charge is -2.19. The summed E-state index contributed by atoms with van der Waals surface area (Å²) < 4.78 is 0. The van der Waals surface area contributed by atoms with Crippen LogP contribution in [-0.4, -0.2) is 43.5 Å². The van der Waals surface area contributed by atoms with E-state index in [1.807, 2.05) is 4.90 Å². The predicted octanol–water partition coefficient (Wildman–Crippen LogP) is -0.0479. The Labute approximate surface area is 85.8 Å². The lowest BCUT2D eigenvalue weighted by atomic mass is 10.2. The van der Waals surface area contributed by atoms with Crippen LogP contribution in [0.5, 0.6) is 0 Å². The standard InChI is InChI=1S/C10H20N3O/c11-5-2-1-4-10(14)13-8-3-6-12-7-9-13/h1-9,11H2. The maximum absolute atomic E-state index is 11.7. The van der Waals surface area contributed by atoms with E-state index in [0.717, 1.165) is 45.4 Å². The van der Waals surface area contributed by atoms with E-state index in [0.29, 0.717) is 13.0 Å². The van der Waals surface area contributed by atoms with Crippen LogP contribution in [0.2, 0.25) is 0 Å². The van der Waals surface area contributed by atoms with Gasteiger partial charge in [0.1, 0.15) is 0 Å². The van der Waals surface area contributed by atoms with Crippen molar-refractivity contribution in [3.05, 3.63) is 0 Å². The summed E-state index contributed by atoms with van der Waals surface area (Å²) in [6, 6.07) is 0. The van der Waals surface area contributed by atoms with Crippen molar-refractivity contribution in [3.63, 3.8) is 0 Å². The van der Waals surface area contributed by atoms with Crippen molar-refractivity contribution in [1.82, 2.24) is 10.2 Å². The lowest BCUT2D eigenvalue weighted by molar-refractivity contribution is -0.131. The van der Waals surface area contributed by atoms with Gasteiger partial charge in [-0.15, -0.1) is 0 Å². The molecule has 2 N–H and O–H groups in total. The van der Waals surface area contributed by atoms with Crippen LogP contribution in [0.25, 0.3) is 0 Å². The molecule has 1 saturated heterocycles. The molecule has 0 bridgehead atoms. The molecule has 1 heterocycles. The van der Waals surface area contributed by atoms with E-state index in [1.165, 1.54) is 0 Å². The monoisotopic (exact) mass is 198 g/mol. The molecule has 0 saturated carbocycles. The van der Waals surface area contributed by atoms with Gasteiger partial charge < -0.3 is 10.6 Å². The van der Waals surface area contributed by atoms with E-state index in [2.05, 4.69) is 5.32 Å². The zero-order valence-electron chi connectivity index (χ0n) is 8.74. The number of nitrogens with zero attached hydrogens (tertiary/aromatic N) is 2. The highest BCUT2D eigenvalue weighted by atomic mass is 16.2. The smallest absolute Gasteiger partial charge is 0.222 e. The Hall–Kier alpha value is -0.610. The Kier molecular flexibility index (Phi) is 5.56. The average molecular weight is 198 g/mol. The van der Waals surface area contributed by atoms with Crippen molar-refractivity contribution < 1.29 is 4.79 Å². The van der Waals surface area contributed by atoms with Crippen molar-refractivity contribution in [2.24, 2.45) is 5.73 Å². The molecule has 14 heavy (non-hydrogen) atoms. The average Bonchev–Trinajstić information content (AvgIpc) is 2.46. The normalized spacial score (nSPS) is 17.9. The summed E-state index contributed by atoms with van der Waals surface area (Å²) in [7, 11) is 0. The maximum Gasteiger partial charge on any atom is 0.222 e. The summed E-state index contributed by atoms with van der Waals surface area (Å²) in [4.78, 5) is 13.6. The van der Waals surface area contributed by atoms with Crippen LogP contribution in [0.4, 0.5) is 0 Å². The molecule has 0 unspecified atom stereocenters. The molecule has 4 heteroatoms. The molecule has 0 aromatic heterocycles. The molecule has 0 aromatic carbocycles. The third-order valence-corrected chi connectivity index (χ3v) is 2.47. The first-order valence-electron chi connectivity index (χ1n) is 5.45. The molecule has 0 spiro atoms. The van der Waals surface area contributed by atoms with E-state index in [9.17, 15) is 4.79 Å². The fourth-order valence-electron chi connectivity index (χ4n) is 1.62. The van der Waals surface area contributed by atoms with Crippen LogP contribution in [-0.2, 0) is 4.79 Å². The molecule has 1 fully saturated rings. The van der Waals surface area contributed by atoms with Crippen molar-refractivity contribution in [3.8, 4) is 0 Å². The first-order valence-corrected chi connectivity index (χ1v) is 5.45. The van der Waals surface area contributed by atoms with Crippen molar-refractivity contribution >= 4 is 5.91 Å². The van der Waals surface area contributed by atoms with Gasteiger partial charge in [-0.3, -0.25) is 4.79 Å². The highest BCUT2D eigenvalue weighted by molar-refractivity contribution is 5.76. The molecule has 1 aliphatic heterocycles. The Balaban J connectivity index is 2.20. The zero-order valence-corrected chi connectivity index (χ0v) is 8.74. The zero-order chi connectivity index (χ0) is 10.2. The second-order valence-corrected chi connectivity index (χ2v) is 3.65. The molecule has 1 radical (unpaired) electrons. The largest absolute Gasteiger partial charge is 0.341 e. The minimum absolute atomic E-state index is 0.274. The van der Waals surface area contributed by atoms with E-state index in [1.54, 1.807) is 0 Å². The van der Waals surface area contributed by atoms with Crippen molar-refractivity contribution in [2.45, 2.75) is 25.7 Å². The molecular weight excluding hydrogens is 178 g/mol. The lowest BCUT2D eigenvalue weighted by Crippen LogP contribution is -2.33. The third kappa shape index (κ3) is 4.07. The summed E-state index contributed by atoms with van der Waals surface area (Å²) in [5.41, 5.74) is 5.38. The van der Waals surface area contributed by atoms with Gasteiger partial charge in [0.05, 0.1) is 0 Å². The molecule has 0 aliphatic carbocycles. The Morgan fingerprint density at radius 1 is 1.29 bits per heavy atom. The second-order valence-electron chi connectivity index (χ2n) is 3.65. The van der Waals surface area contributed by atoms with E-state index < -0.39 is 0 Å². The van der Waals surface area contributed by atoms with Gasteiger partial charge in [-0.1, -0.05) is 0 Å². The first kappa shape index (κ1) is 11.5. The van der Waals surface area contributed by atoms with Crippen LogP contribution >= 0.6 is 0 Å². The number of nitrogens with two attached hydrogens (primary N) is 1. The summed E-state index contributed by atoms with van der Waals surface area (Å²) in [5, 5.41) is 4.29. The number of amides is 1. The van der Waals surface area contributed by atoms with Crippen LogP contribution in [0.3, 0.4) is 0 Å². The van der Waals surface area contributed by atoms with Crippen molar-refractivity contribution in [2.75, 3.05) is 32.7 Å². The highest BCUT2D eigenvalue weighted by Gasteiger charge is 2.14. The van der Waals surface area contributed by atoms with Gasteiger partial charge in [0, 0.05) is 32.6 Å². The van der Waals surface area contributed by atoms with E-state index >= 15 is 0 Å². The summed E-state index contributed by atoms with van der Waals surface area (Å²) >= 11 is 0. The maximum atomic E-state index is 11.7. The van der Waals surface area contributed by atoms with Gasteiger partial charge >= 0.3 is 0 Å². The summed E-state index contributed by atoms with van der Waals surface area (Å²) in [6.45, 7) is 4.09. The molecule has 1 rings (SSSR count). The Bertz CT molecular complexity index is 165. The van der Waals surface area contributed by atoms with Gasteiger partial charge in [-0.05, 0) is 25.8 Å². The van der Waals surface area contributed by atoms with Gasteiger partial charge in [-0.2, -0.15) is 0 Å². The number of unbranched alkanes of at least 4 members (excludes halogenated alkanes) is 1. The first-order chi connectivity index (χ1) is 6.84. The fraction of sp³-hybridized carbons (Fsp3) is 0.900. The highest BCUT2D eigenvalue weighted by Crippen LogP contribution is 2.03. The topological polar surface area (TPSA) is 60.4 Å². The molecule has 4 nitrogen and oxygen atoms in total. The van der Waals surface area contributed by atoms with Gasteiger partial charge in [0.15, 0.2) is 0 Å². The summed E-state index contributed by atoms with van der Waals surface area (Å²) in [5.74, 6) is 0.274. The molecule has 0 aromatic rings.